The largest absolute Gasteiger partial charge is 0.312 e. The summed E-state index contributed by atoms with van der Waals surface area (Å²) in [6.07, 6.45) is 1.96. The molecule has 0 bridgehead atoms. The van der Waals surface area contributed by atoms with Gasteiger partial charge in [-0.2, -0.15) is 4.31 Å². The molecule has 1 N–H and O–H groups in total. The third-order valence-electron chi connectivity index (χ3n) is 4.22. The molecule has 0 amide bonds. The van der Waals surface area contributed by atoms with Crippen LogP contribution < -0.4 is 5.32 Å². The minimum atomic E-state index is -3.29. The van der Waals surface area contributed by atoms with Gasteiger partial charge in [0.2, 0.25) is 0 Å². The minimum absolute atomic E-state index is 0.485. The van der Waals surface area contributed by atoms with Gasteiger partial charge in [0, 0.05) is 24.5 Å². The van der Waals surface area contributed by atoms with Crippen LogP contribution >= 0.6 is 11.3 Å². The molecule has 1 fully saturated rings. The highest BCUT2D eigenvalue weighted by molar-refractivity contribution is 7.91. The zero-order valence-electron chi connectivity index (χ0n) is 13.1. The maximum atomic E-state index is 12.7. The Morgan fingerprint density at radius 2 is 2.00 bits per heavy atom. The minimum Gasteiger partial charge on any atom is -0.312 e. The smallest absolute Gasteiger partial charge is 0.252 e. The van der Waals surface area contributed by atoms with E-state index in [1.165, 1.54) is 11.3 Å². The van der Waals surface area contributed by atoms with Gasteiger partial charge in [0.1, 0.15) is 4.21 Å². The summed E-state index contributed by atoms with van der Waals surface area (Å²) in [5.74, 6) is 1.30. The van der Waals surface area contributed by atoms with Gasteiger partial charge >= 0.3 is 0 Å². The zero-order valence-corrected chi connectivity index (χ0v) is 14.8. The van der Waals surface area contributed by atoms with Gasteiger partial charge in [-0.15, -0.1) is 11.3 Å². The average Bonchev–Trinajstić information content (AvgIpc) is 2.94. The lowest BCUT2D eigenvalue weighted by Crippen LogP contribution is -2.39. The highest BCUT2D eigenvalue weighted by atomic mass is 32.2. The second kappa shape index (κ2) is 7.22. The Labute approximate surface area is 132 Å². The van der Waals surface area contributed by atoms with Gasteiger partial charge in [-0.1, -0.05) is 20.8 Å². The summed E-state index contributed by atoms with van der Waals surface area (Å²) in [5, 5.41) is 3.23. The van der Waals surface area contributed by atoms with Crippen molar-refractivity contribution in [2.45, 2.75) is 44.4 Å². The Kier molecular flexibility index (Phi) is 5.82. The number of piperidine rings is 1. The molecule has 0 aromatic carbocycles. The molecule has 0 unspecified atom stereocenters. The van der Waals surface area contributed by atoms with Crippen LogP contribution in [0.5, 0.6) is 0 Å². The molecule has 2 rings (SSSR count). The van der Waals surface area contributed by atoms with E-state index in [4.69, 9.17) is 0 Å². The molecule has 0 spiro atoms. The van der Waals surface area contributed by atoms with Crippen molar-refractivity contribution in [3.8, 4) is 0 Å². The highest BCUT2D eigenvalue weighted by Crippen LogP contribution is 2.30. The maximum absolute atomic E-state index is 12.7. The summed E-state index contributed by atoms with van der Waals surface area (Å²) in [5.41, 5.74) is 0. The number of thiophene rings is 1. The van der Waals surface area contributed by atoms with Gasteiger partial charge in [-0.25, -0.2) is 8.42 Å². The standard InChI is InChI=1S/C15H26N2O2S2/c1-4-16-11-14-5-6-15(20-14)21(18,19)17-9-7-13(8-10-17)12(2)3/h5-6,12-13,16H,4,7-11H2,1-3H3. The topological polar surface area (TPSA) is 49.4 Å². The van der Waals surface area contributed by atoms with E-state index in [2.05, 4.69) is 19.2 Å². The summed E-state index contributed by atoms with van der Waals surface area (Å²) in [4.78, 5) is 1.08. The SMILES string of the molecule is CCNCc1ccc(S(=O)(=O)N2CCC(C(C)C)CC2)s1. The predicted octanol–water partition coefficient (Wildman–Crippen LogP) is 2.91. The molecule has 1 aliphatic heterocycles. The van der Waals surface area contributed by atoms with Crippen LogP contribution in [0, 0.1) is 11.8 Å². The molecule has 120 valence electrons. The number of sulfonamides is 1. The van der Waals surface area contributed by atoms with Crippen LogP contribution in [0.2, 0.25) is 0 Å². The molecule has 2 heterocycles. The van der Waals surface area contributed by atoms with Crippen molar-refractivity contribution in [2.24, 2.45) is 11.8 Å². The van der Waals surface area contributed by atoms with Crippen LogP contribution in [-0.2, 0) is 16.6 Å². The van der Waals surface area contributed by atoms with Gasteiger partial charge in [0.25, 0.3) is 10.0 Å². The highest BCUT2D eigenvalue weighted by Gasteiger charge is 2.31. The fraction of sp³-hybridized carbons (Fsp3) is 0.733. The van der Waals surface area contributed by atoms with Crippen LogP contribution in [-0.4, -0.2) is 32.4 Å². The quantitative estimate of drug-likeness (QED) is 0.872. The van der Waals surface area contributed by atoms with Crippen LogP contribution in [0.1, 0.15) is 38.5 Å². The average molecular weight is 331 g/mol. The van der Waals surface area contributed by atoms with Crippen LogP contribution in [0.25, 0.3) is 0 Å². The van der Waals surface area contributed by atoms with Crippen LogP contribution in [0.4, 0.5) is 0 Å². The van der Waals surface area contributed by atoms with Crippen molar-refractivity contribution >= 4 is 21.4 Å². The normalized spacial score (nSPS) is 18.5. The van der Waals surface area contributed by atoms with Crippen molar-refractivity contribution in [3.05, 3.63) is 17.0 Å². The number of hydrogen-bond acceptors (Lipinski definition) is 4. The lowest BCUT2D eigenvalue weighted by Gasteiger charge is -2.32. The van der Waals surface area contributed by atoms with E-state index in [0.717, 1.165) is 30.8 Å². The van der Waals surface area contributed by atoms with Crippen molar-refractivity contribution in [1.82, 2.24) is 9.62 Å². The predicted molar refractivity (Wildman–Crippen MR) is 88.0 cm³/mol. The van der Waals surface area contributed by atoms with E-state index in [0.29, 0.717) is 29.1 Å². The Bertz CT molecular complexity index is 544. The molecule has 0 aliphatic carbocycles. The third-order valence-corrected chi connectivity index (χ3v) is 7.67. The molecule has 1 aromatic heterocycles. The zero-order chi connectivity index (χ0) is 15.5. The van der Waals surface area contributed by atoms with E-state index in [1.807, 2.05) is 13.0 Å². The molecule has 0 saturated carbocycles. The summed E-state index contributed by atoms with van der Waals surface area (Å²) in [7, 11) is -3.29. The number of hydrogen-bond donors (Lipinski definition) is 1. The van der Waals surface area contributed by atoms with Crippen LogP contribution in [0.3, 0.4) is 0 Å². The van der Waals surface area contributed by atoms with Crippen molar-refractivity contribution < 1.29 is 8.42 Å². The first-order valence-electron chi connectivity index (χ1n) is 7.74. The molecule has 1 aromatic rings. The number of nitrogens with zero attached hydrogens (tertiary/aromatic N) is 1. The summed E-state index contributed by atoms with van der Waals surface area (Å²) in [6.45, 7) is 9.44. The first-order chi connectivity index (χ1) is 9.95. The van der Waals surface area contributed by atoms with E-state index >= 15 is 0 Å². The van der Waals surface area contributed by atoms with E-state index < -0.39 is 10.0 Å². The lowest BCUT2D eigenvalue weighted by molar-refractivity contribution is 0.227. The first kappa shape index (κ1) is 16.9. The fourth-order valence-electron chi connectivity index (χ4n) is 2.75. The molecular formula is C15H26N2O2S2. The van der Waals surface area contributed by atoms with E-state index in [1.54, 1.807) is 10.4 Å². The Morgan fingerprint density at radius 3 is 2.57 bits per heavy atom. The maximum Gasteiger partial charge on any atom is 0.252 e. The van der Waals surface area contributed by atoms with Crippen molar-refractivity contribution in [3.63, 3.8) is 0 Å². The fourth-order valence-corrected chi connectivity index (χ4v) is 5.70. The number of rotatable bonds is 6. The van der Waals surface area contributed by atoms with Crippen molar-refractivity contribution in [1.29, 1.82) is 0 Å². The third kappa shape index (κ3) is 4.06. The Hall–Kier alpha value is -0.430. The van der Waals surface area contributed by atoms with Gasteiger partial charge in [-0.3, -0.25) is 0 Å². The number of nitrogens with one attached hydrogen (secondary N) is 1. The van der Waals surface area contributed by atoms with E-state index in [-0.39, 0.29) is 0 Å². The van der Waals surface area contributed by atoms with Crippen molar-refractivity contribution in [2.75, 3.05) is 19.6 Å². The van der Waals surface area contributed by atoms with E-state index in [9.17, 15) is 8.42 Å². The molecular weight excluding hydrogens is 304 g/mol. The monoisotopic (exact) mass is 330 g/mol. The molecule has 1 saturated heterocycles. The van der Waals surface area contributed by atoms with Gasteiger partial charge in [-0.05, 0) is 43.4 Å². The molecule has 1 aliphatic rings. The molecule has 0 atom stereocenters. The lowest BCUT2D eigenvalue weighted by atomic mass is 9.87. The summed E-state index contributed by atoms with van der Waals surface area (Å²) >= 11 is 1.39. The molecule has 6 heteroatoms. The second-order valence-electron chi connectivity index (χ2n) is 5.99. The van der Waals surface area contributed by atoms with Crippen LogP contribution in [0.15, 0.2) is 16.3 Å². The summed E-state index contributed by atoms with van der Waals surface area (Å²) in [6, 6.07) is 3.67. The molecule has 4 nitrogen and oxygen atoms in total. The second-order valence-corrected chi connectivity index (χ2v) is 9.32. The Morgan fingerprint density at radius 1 is 1.33 bits per heavy atom. The molecule has 21 heavy (non-hydrogen) atoms. The van der Waals surface area contributed by atoms with Gasteiger partial charge in [0.15, 0.2) is 0 Å². The van der Waals surface area contributed by atoms with Gasteiger partial charge < -0.3 is 5.32 Å². The summed E-state index contributed by atoms with van der Waals surface area (Å²) < 4.78 is 27.5. The Balaban J connectivity index is 2.03. The first-order valence-corrected chi connectivity index (χ1v) is 10.0. The molecule has 0 radical (unpaired) electrons. The van der Waals surface area contributed by atoms with Gasteiger partial charge in [0.05, 0.1) is 0 Å².